The molecule has 1 saturated carbocycles. The minimum absolute atomic E-state index is 0.661. The molecule has 22 heavy (non-hydrogen) atoms. The smallest absolute Gasteiger partial charge is 0.0108 e. The lowest BCUT2D eigenvalue weighted by Gasteiger charge is -2.37. The van der Waals surface area contributed by atoms with E-state index < -0.39 is 0 Å². The third-order valence-corrected chi connectivity index (χ3v) is 5.41. The van der Waals surface area contributed by atoms with Crippen molar-refractivity contribution < 1.29 is 0 Å². The molecule has 0 radical (unpaired) electrons. The number of rotatable bonds is 6. The fourth-order valence-electron chi connectivity index (χ4n) is 3.96. The van der Waals surface area contributed by atoms with Gasteiger partial charge in [-0.15, -0.1) is 0 Å². The number of hydrogen-bond acceptors (Lipinski definition) is 3. The maximum absolute atomic E-state index is 6.15. The van der Waals surface area contributed by atoms with Crippen LogP contribution in [-0.4, -0.2) is 37.6 Å². The Kier molecular flexibility index (Phi) is 7.47. The van der Waals surface area contributed by atoms with Crippen LogP contribution in [0.4, 0.5) is 0 Å². The molecule has 0 spiro atoms. The van der Waals surface area contributed by atoms with E-state index in [9.17, 15) is 0 Å². The van der Waals surface area contributed by atoms with Crippen molar-refractivity contribution in [1.29, 1.82) is 0 Å². The average molecular weight is 306 g/mol. The molecule has 1 unspecified atom stereocenters. The normalized spacial score (nSPS) is 24.5. The highest BCUT2D eigenvalue weighted by Gasteiger charge is 2.28. The second kappa shape index (κ2) is 9.36. The van der Waals surface area contributed by atoms with E-state index >= 15 is 0 Å². The van der Waals surface area contributed by atoms with Crippen LogP contribution in [0, 0.1) is 11.8 Å². The van der Waals surface area contributed by atoms with Crippen LogP contribution in [0.3, 0.4) is 0 Å². The molecule has 2 fully saturated rings. The SMILES string of the molecule is C/C=C(\C=C(\N)CC)C(CN1CCNCC1)C1CCCCC1. The summed E-state index contributed by atoms with van der Waals surface area (Å²) in [5, 5.41) is 3.46. The summed E-state index contributed by atoms with van der Waals surface area (Å²) in [6, 6.07) is 0. The highest BCUT2D eigenvalue weighted by Crippen LogP contribution is 2.35. The summed E-state index contributed by atoms with van der Waals surface area (Å²) in [6.45, 7) is 10.2. The first-order valence-corrected chi connectivity index (χ1v) is 9.30. The molecule has 3 N–H and O–H groups in total. The Balaban J connectivity index is 2.11. The minimum Gasteiger partial charge on any atom is -0.402 e. The van der Waals surface area contributed by atoms with Crippen molar-refractivity contribution in [3.63, 3.8) is 0 Å². The van der Waals surface area contributed by atoms with Gasteiger partial charge in [0.15, 0.2) is 0 Å². The Bertz CT molecular complexity index is 374. The number of nitrogens with zero attached hydrogens (tertiary/aromatic N) is 1. The summed E-state index contributed by atoms with van der Waals surface area (Å²) in [5.74, 6) is 1.50. The Morgan fingerprint density at radius 2 is 1.91 bits per heavy atom. The van der Waals surface area contributed by atoms with Crippen molar-refractivity contribution in [3.05, 3.63) is 23.4 Å². The fourth-order valence-corrected chi connectivity index (χ4v) is 3.96. The fraction of sp³-hybridized carbons (Fsp3) is 0.789. The van der Waals surface area contributed by atoms with Crippen LogP contribution in [0.2, 0.25) is 0 Å². The van der Waals surface area contributed by atoms with Crippen LogP contribution in [0.1, 0.15) is 52.4 Å². The highest BCUT2D eigenvalue weighted by molar-refractivity contribution is 5.25. The zero-order valence-electron chi connectivity index (χ0n) is 14.6. The predicted octanol–water partition coefficient (Wildman–Crippen LogP) is 3.29. The number of piperazine rings is 1. The Hall–Kier alpha value is -0.800. The van der Waals surface area contributed by atoms with Crippen molar-refractivity contribution in [1.82, 2.24) is 10.2 Å². The zero-order chi connectivity index (χ0) is 15.8. The second-order valence-corrected chi connectivity index (χ2v) is 6.92. The van der Waals surface area contributed by atoms with Gasteiger partial charge in [-0.3, -0.25) is 0 Å². The number of nitrogens with one attached hydrogen (secondary N) is 1. The van der Waals surface area contributed by atoms with Gasteiger partial charge in [0, 0.05) is 38.4 Å². The van der Waals surface area contributed by atoms with Gasteiger partial charge in [-0.05, 0) is 49.7 Å². The van der Waals surface area contributed by atoms with Crippen LogP contribution in [-0.2, 0) is 0 Å². The third-order valence-electron chi connectivity index (χ3n) is 5.41. The zero-order valence-corrected chi connectivity index (χ0v) is 14.6. The quantitative estimate of drug-likeness (QED) is 0.740. The topological polar surface area (TPSA) is 41.3 Å². The van der Waals surface area contributed by atoms with Crippen molar-refractivity contribution in [3.8, 4) is 0 Å². The van der Waals surface area contributed by atoms with Gasteiger partial charge >= 0.3 is 0 Å². The molecule has 1 saturated heterocycles. The minimum atomic E-state index is 0.661. The average Bonchev–Trinajstić information content (AvgIpc) is 2.59. The van der Waals surface area contributed by atoms with Crippen LogP contribution < -0.4 is 11.1 Å². The van der Waals surface area contributed by atoms with Gasteiger partial charge in [-0.25, -0.2) is 0 Å². The molecule has 0 aromatic rings. The van der Waals surface area contributed by atoms with Gasteiger partial charge in [0.2, 0.25) is 0 Å². The molecule has 1 heterocycles. The molecule has 0 bridgehead atoms. The summed E-state index contributed by atoms with van der Waals surface area (Å²) < 4.78 is 0. The lowest BCUT2D eigenvalue weighted by molar-refractivity contribution is 0.171. The standard InChI is InChI=1S/C19H35N3/c1-3-16(14-18(20)4-2)19(17-8-6-5-7-9-17)15-22-12-10-21-11-13-22/h3,14,17,19,21H,4-13,15,20H2,1-2H3/b16-3+,18-14+. The lowest BCUT2D eigenvalue weighted by Crippen LogP contribution is -2.46. The van der Waals surface area contributed by atoms with E-state index in [4.69, 9.17) is 5.73 Å². The van der Waals surface area contributed by atoms with Crippen LogP contribution in [0.5, 0.6) is 0 Å². The van der Waals surface area contributed by atoms with Gasteiger partial charge in [-0.1, -0.05) is 32.3 Å². The van der Waals surface area contributed by atoms with Gasteiger partial charge in [-0.2, -0.15) is 0 Å². The van der Waals surface area contributed by atoms with E-state index in [0.29, 0.717) is 5.92 Å². The van der Waals surface area contributed by atoms with Gasteiger partial charge < -0.3 is 16.0 Å². The molecule has 1 aliphatic carbocycles. The van der Waals surface area contributed by atoms with Gasteiger partial charge in [0.05, 0.1) is 0 Å². The first-order valence-electron chi connectivity index (χ1n) is 9.30. The van der Waals surface area contributed by atoms with E-state index in [-0.39, 0.29) is 0 Å². The maximum Gasteiger partial charge on any atom is 0.0108 e. The monoisotopic (exact) mass is 305 g/mol. The molecule has 3 nitrogen and oxygen atoms in total. The number of nitrogens with two attached hydrogens (primary N) is 1. The molecule has 1 aliphatic heterocycles. The van der Waals surface area contributed by atoms with Crippen molar-refractivity contribution >= 4 is 0 Å². The molecule has 3 heteroatoms. The van der Waals surface area contributed by atoms with Gasteiger partial charge in [0.1, 0.15) is 0 Å². The Labute approximate surface area is 137 Å². The van der Waals surface area contributed by atoms with Crippen LogP contribution in [0.25, 0.3) is 0 Å². The number of hydrogen-bond donors (Lipinski definition) is 2. The molecule has 1 atom stereocenters. The van der Waals surface area contributed by atoms with E-state index in [2.05, 4.69) is 36.2 Å². The first kappa shape index (κ1) is 17.6. The van der Waals surface area contributed by atoms with Crippen LogP contribution in [0.15, 0.2) is 23.4 Å². The van der Waals surface area contributed by atoms with Crippen LogP contribution >= 0.6 is 0 Å². The molecule has 126 valence electrons. The molecule has 2 aliphatic rings. The van der Waals surface area contributed by atoms with Crippen molar-refractivity contribution in [2.24, 2.45) is 17.6 Å². The molecule has 0 aromatic carbocycles. The summed E-state index contributed by atoms with van der Waals surface area (Å²) in [4.78, 5) is 2.65. The van der Waals surface area contributed by atoms with E-state index in [1.54, 1.807) is 0 Å². The van der Waals surface area contributed by atoms with Crippen molar-refractivity contribution in [2.75, 3.05) is 32.7 Å². The largest absolute Gasteiger partial charge is 0.402 e. The summed E-state index contributed by atoms with van der Waals surface area (Å²) in [6.07, 6.45) is 12.6. The third kappa shape index (κ3) is 5.13. The Morgan fingerprint density at radius 3 is 2.50 bits per heavy atom. The molecular weight excluding hydrogens is 270 g/mol. The maximum atomic E-state index is 6.15. The van der Waals surface area contributed by atoms with E-state index in [1.807, 2.05) is 0 Å². The number of allylic oxidation sites excluding steroid dienone is 3. The summed E-state index contributed by atoms with van der Waals surface area (Å²) in [5.41, 5.74) is 8.65. The second-order valence-electron chi connectivity index (χ2n) is 6.92. The van der Waals surface area contributed by atoms with Gasteiger partial charge in [0.25, 0.3) is 0 Å². The van der Waals surface area contributed by atoms with E-state index in [0.717, 1.165) is 31.1 Å². The predicted molar refractivity (Wildman–Crippen MR) is 95.7 cm³/mol. The lowest BCUT2D eigenvalue weighted by atomic mass is 9.76. The highest BCUT2D eigenvalue weighted by atomic mass is 15.2. The Morgan fingerprint density at radius 1 is 1.23 bits per heavy atom. The van der Waals surface area contributed by atoms with Crippen molar-refractivity contribution in [2.45, 2.75) is 52.4 Å². The molecule has 0 aromatic heterocycles. The van der Waals surface area contributed by atoms with E-state index in [1.165, 1.54) is 57.3 Å². The molecule has 0 amide bonds. The summed E-state index contributed by atoms with van der Waals surface area (Å²) >= 11 is 0. The first-order chi connectivity index (χ1) is 10.7. The summed E-state index contributed by atoms with van der Waals surface area (Å²) in [7, 11) is 0. The molecule has 2 rings (SSSR count). The molecular formula is C19H35N3.